The number of rotatable bonds is 6. The van der Waals surface area contributed by atoms with Gasteiger partial charge in [0.15, 0.2) is 0 Å². The number of ether oxygens (including phenoxy) is 1. The van der Waals surface area contributed by atoms with Crippen LogP contribution in [0.3, 0.4) is 0 Å². The van der Waals surface area contributed by atoms with Crippen LogP contribution in [0.15, 0.2) is 24.3 Å². The molecule has 126 valence electrons. The lowest BCUT2D eigenvalue weighted by Gasteiger charge is -2.09. The SMILES string of the molecule is COC(=O)CNC(=O)c1cccc(NC(=O)CSC(F)(F)F)c1. The molecule has 0 bridgehead atoms. The highest BCUT2D eigenvalue weighted by Gasteiger charge is 2.29. The van der Waals surface area contributed by atoms with Crippen molar-refractivity contribution in [2.75, 3.05) is 24.7 Å². The molecule has 1 rings (SSSR count). The smallest absolute Gasteiger partial charge is 0.442 e. The first kappa shape index (κ1) is 18.8. The fourth-order valence-corrected chi connectivity index (χ4v) is 1.78. The molecule has 0 aliphatic carbocycles. The Kier molecular flexibility index (Phi) is 6.89. The number of halogens is 3. The van der Waals surface area contributed by atoms with Crippen molar-refractivity contribution in [2.45, 2.75) is 5.51 Å². The van der Waals surface area contributed by atoms with Crippen LogP contribution in [0.2, 0.25) is 0 Å². The molecule has 23 heavy (non-hydrogen) atoms. The van der Waals surface area contributed by atoms with E-state index >= 15 is 0 Å². The lowest BCUT2D eigenvalue weighted by molar-refractivity contribution is -0.139. The molecule has 0 aliphatic heterocycles. The van der Waals surface area contributed by atoms with Gasteiger partial charge in [0, 0.05) is 11.3 Å². The molecule has 6 nitrogen and oxygen atoms in total. The van der Waals surface area contributed by atoms with Gasteiger partial charge in [-0.05, 0) is 30.0 Å². The second-order valence-electron chi connectivity index (χ2n) is 4.12. The highest BCUT2D eigenvalue weighted by molar-refractivity contribution is 8.00. The lowest BCUT2D eigenvalue weighted by Crippen LogP contribution is -2.30. The van der Waals surface area contributed by atoms with Crippen LogP contribution in [-0.4, -0.2) is 42.7 Å². The van der Waals surface area contributed by atoms with Crippen molar-refractivity contribution in [1.82, 2.24) is 5.32 Å². The van der Waals surface area contributed by atoms with Crippen LogP contribution in [0.25, 0.3) is 0 Å². The van der Waals surface area contributed by atoms with Gasteiger partial charge in [0.1, 0.15) is 6.54 Å². The van der Waals surface area contributed by atoms with E-state index in [1.165, 1.54) is 31.4 Å². The Morgan fingerprint density at radius 1 is 1.26 bits per heavy atom. The van der Waals surface area contributed by atoms with E-state index in [1.807, 2.05) is 0 Å². The summed E-state index contributed by atoms with van der Waals surface area (Å²) in [6.07, 6.45) is 0. The Balaban J connectivity index is 2.60. The lowest BCUT2D eigenvalue weighted by atomic mass is 10.2. The minimum absolute atomic E-state index is 0.134. The molecule has 0 aromatic heterocycles. The summed E-state index contributed by atoms with van der Waals surface area (Å²) in [5.41, 5.74) is -4.19. The Labute approximate surface area is 133 Å². The third-order valence-corrected chi connectivity index (χ3v) is 3.13. The molecule has 2 N–H and O–H groups in total. The van der Waals surface area contributed by atoms with E-state index in [0.717, 1.165) is 0 Å². The van der Waals surface area contributed by atoms with E-state index in [-0.39, 0.29) is 17.8 Å². The summed E-state index contributed by atoms with van der Waals surface area (Å²) in [5, 5.41) is 4.55. The first-order valence-electron chi connectivity index (χ1n) is 6.17. The summed E-state index contributed by atoms with van der Waals surface area (Å²) in [6, 6.07) is 5.57. The number of thioether (sulfide) groups is 1. The normalized spacial score (nSPS) is 10.8. The van der Waals surface area contributed by atoms with Crippen molar-refractivity contribution in [1.29, 1.82) is 0 Å². The van der Waals surface area contributed by atoms with Gasteiger partial charge in [-0.3, -0.25) is 14.4 Å². The van der Waals surface area contributed by atoms with Crippen molar-refractivity contribution in [2.24, 2.45) is 0 Å². The van der Waals surface area contributed by atoms with E-state index in [0.29, 0.717) is 0 Å². The Hall–Kier alpha value is -2.23. The third-order valence-electron chi connectivity index (χ3n) is 2.40. The minimum Gasteiger partial charge on any atom is -0.468 e. The number of hydrogen-bond acceptors (Lipinski definition) is 5. The van der Waals surface area contributed by atoms with Crippen molar-refractivity contribution in [3.8, 4) is 0 Å². The Morgan fingerprint density at radius 3 is 2.57 bits per heavy atom. The highest BCUT2D eigenvalue weighted by Crippen LogP contribution is 2.29. The summed E-state index contributed by atoms with van der Waals surface area (Å²) >= 11 is -0.457. The van der Waals surface area contributed by atoms with Crippen LogP contribution in [-0.2, 0) is 14.3 Å². The van der Waals surface area contributed by atoms with Gasteiger partial charge in [0.05, 0.1) is 12.9 Å². The van der Waals surface area contributed by atoms with Crippen molar-refractivity contribution >= 4 is 35.2 Å². The zero-order valence-electron chi connectivity index (χ0n) is 11.9. The van der Waals surface area contributed by atoms with Gasteiger partial charge in [-0.2, -0.15) is 13.2 Å². The maximum Gasteiger partial charge on any atom is 0.442 e. The van der Waals surface area contributed by atoms with E-state index in [2.05, 4.69) is 15.4 Å². The number of nitrogens with one attached hydrogen (secondary N) is 2. The molecule has 1 aromatic carbocycles. The zero-order chi connectivity index (χ0) is 17.5. The van der Waals surface area contributed by atoms with E-state index in [9.17, 15) is 27.6 Å². The zero-order valence-corrected chi connectivity index (χ0v) is 12.7. The number of amides is 2. The fourth-order valence-electron chi connectivity index (χ4n) is 1.41. The number of esters is 1. The predicted molar refractivity (Wildman–Crippen MR) is 77.9 cm³/mol. The van der Waals surface area contributed by atoms with Crippen LogP contribution in [0.5, 0.6) is 0 Å². The van der Waals surface area contributed by atoms with E-state index in [4.69, 9.17) is 0 Å². The number of alkyl halides is 3. The molecule has 0 atom stereocenters. The first-order valence-corrected chi connectivity index (χ1v) is 7.15. The molecular formula is C13H13F3N2O4S. The van der Waals surface area contributed by atoms with Crippen LogP contribution in [0.4, 0.5) is 18.9 Å². The number of benzene rings is 1. The molecule has 0 heterocycles. The number of carbonyl (C=O) groups excluding carboxylic acids is 3. The highest BCUT2D eigenvalue weighted by atomic mass is 32.2. The average molecular weight is 350 g/mol. The van der Waals surface area contributed by atoms with Gasteiger partial charge in [-0.25, -0.2) is 0 Å². The minimum atomic E-state index is -4.49. The maximum atomic E-state index is 12.0. The molecule has 0 aliphatic rings. The fraction of sp³-hybridized carbons (Fsp3) is 0.308. The van der Waals surface area contributed by atoms with E-state index in [1.54, 1.807) is 0 Å². The third kappa shape index (κ3) is 7.54. The maximum absolute atomic E-state index is 12.0. The molecule has 0 spiro atoms. The Morgan fingerprint density at radius 2 is 1.96 bits per heavy atom. The van der Waals surface area contributed by atoms with E-state index < -0.39 is 40.8 Å². The van der Waals surface area contributed by atoms with Crippen molar-refractivity contribution < 1.29 is 32.3 Å². The van der Waals surface area contributed by atoms with Crippen LogP contribution in [0, 0.1) is 0 Å². The monoisotopic (exact) mass is 350 g/mol. The summed E-state index contributed by atoms with van der Waals surface area (Å²) in [6.45, 7) is -0.325. The Bertz CT molecular complexity index is 593. The summed E-state index contributed by atoms with van der Waals surface area (Å²) in [5.74, 6) is -2.86. The van der Waals surface area contributed by atoms with Gasteiger partial charge >= 0.3 is 11.5 Å². The van der Waals surface area contributed by atoms with Gasteiger partial charge in [-0.15, -0.1) is 0 Å². The molecular weight excluding hydrogens is 337 g/mol. The average Bonchev–Trinajstić information content (AvgIpc) is 2.49. The number of methoxy groups -OCH3 is 1. The van der Waals surface area contributed by atoms with Crippen LogP contribution >= 0.6 is 11.8 Å². The first-order chi connectivity index (χ1) is 10.7. The van der Waals surface area contributed by atoms with Gasteiger partial charge in [0.25, 0.3) is 5.91 Å². The summed E-state index contributed by atoms with van der Waals surface area (Å²) in [7, 11) is 1.17. The van der Waals surface area contributed by atoms with Crippen LogP contribution < -0.4 is 10.6 Å². The molecule has 0 radical (unpaired) electrons. The standard InChI is InChI=1S/C13H13F3N2O4S/c1-22-11(20)6-17-12(21)8-3-2-4-9(5-8)18-10(19)7-23-13(14,15)16/h2-5H,6-7H2,1H3,(H,17,21)(H,18,19). The van der Waals surface area contributed by atoms with Gasteiger partial charge in [-0.1, -0.05) is 6.07 Å². The van der Waals surface area contributed by atoms with Gasteiger partial charge < -0.3 is 15.4 Å². The topological polar surface area (TPSA) is 84.5 Å². The van der Waals surface area contributed by atoms with Gasteiger partial charge in [0.2, 0.25) is 5.91 Å². The molecule has 0 fully saturated rings. The number of anilines is 1. The second kappa shape index (κ2) is 8.42. The summed E-state index contributed by atoms with van der Waals surface area (Å²) in [4.78, 5) is 34.1. The molecule has 0 saturated heterocycles. The van der Waals surface area contributed by atoms with Crippen molar-refractivity contribution in [3.63, 3.8) is 0 Å². The van der Waals surface area contributed by atoms with Crippen molar-refractivity contribution in [3.05, 3.63) is 29.8 Å². The number of carbonyl (C=O) groups is 3. The largest absolute Gasteiger partial charge is 0.468 e. The predicted octanol–water partition coefficient (Wildman–Crippen LogP) is 1.78. The molecule has 10 heteroatoms. The quantitative estimate of drug-likeness (QED) is 0.764. The molecule has 1 aromatic rings. The molecule has 0 saturated carbocycles. The second-order valence-corrected chi connectivity index (χ2v) is 5.16. The summed E-state index contributed by atoms with van der Waals surface area (Å²) < 4.78 is 40.4. The van der Waals surface area contributed by atoms with Crippen LogP contribution in [0.1, 0.15) is 10.4 Å². The molecule has 0 unspecified atom stereocenters. The number of hydrogen-bond donors (Lipinski definition) is 2. The molecule has 2 amide bonds.